The molecule has 2 heterocycles. The standard InChI is InChI=1S/C38H36N6O8S/c1-48-30-14-4-25(5-15-30)20-44-21-33(42-43-44)28-10-12-29(13-11-28)39-36(45)35-37(51-22-26-6-16-31(49-2)17-7-26)40-34(24-53(46)47)41-38(35)52-23-27-8-18-32(50-3)19-9-27/h4-19,21,53H,20,22-24H2,1-3H3,(H,39,45). The Kier molecular flexibility index (Phi) is 11.8. The highest BCUT2D eigenvalue weighted by molar-refractivity contribution is 7.71. The van der Waals surface area contributed by atoms with E-state index in [-0.39, 0.29) is 36.4 Å². The second-order valence-electron chi connectivity index (χ2n) is 11.6. The number of hydrogen-bond donors (Lipinski definition) is 2. The molecule has 272 valence electrons. The summed E-state index contributed by atoms with van der Waals surface area (Å²) in [5.74, 6) is 0.613. The number of anilines is 1. The van der Waals surface area contributed by atoms with E-state index in [9.17, 15) is 13.2 Å². The lowest BCUT2D eigenvalue weighted by molar-refractivity contribution is 0.101. The van der Waals surface area contributed by atoms with Crippen LogP contribution in [0.4, 0.5) is 5.69 Å². The molecular weight excluding hydrogens is 701 g/mol. The Hall–Kier alpha value is -6.48. The second kappa shape index (κ2) is 17.2. The molecule has 1 amide bonds. The molecule has 0 spiro atoms. The fraction of sp³-hybridized carbons (Fsp3) is 0.184. The van der Waals surface area contributed by atoms with E-state index in [0.717, 1.165) is 28.0 Å². The van der Waals surface area contributed by atoms with E-state index in [1.807, 2.05) is 42.6 Å². The van der Waals surface area contributed by atoms with Crippen LogP contribution in [0, 0.1) is 0 Å². The first-order valence-corrected chi connectivity index (χ1v) is 17.7. The minimum Gasteiger partial charge on any atom is -0.497 e. The van der Waals surface area contributed by atoms with Crippen molar-refractivity contribution in [2.75, 3.05) is 26.6 Å². The van der Waals surface area contributed by atoms with Crippen LogP contribution in [0.15, 0.2) is 103 Å². The van der Waals surface area contributed by atoms with Gasteiger partial charge in [0, 0.05) is 11.3 Å². The Balaban J connectivity index is 1.25. The number of thiol groups is 1. The zero-order valence-electron chi connectivity index (χ0n) is 29.1. The molecule has 0 saturated heterocycles. The van der Waals surface area contributed by atoms with Gasteiger partial charge in [-0.05, 0) is 65.2 Å². The molecule has 0 radical (unpaired) electrons. The Labute approximate surface area is 307 Å². The Morgan fingerprint density at radius 1 is 0.679 bits per heavy atom. The van der Waals surface area contributed by atoms with Gasteiger partial charge in [0.2, 0.25) is 11.8 Å². The monoisotopic (exact) mass is 736 g/mol. The third-order valence-corrected chi connectivity index (χ3v) is 8.48. The predicted octanol–water partition coefficient (Wildman–Crippen LogP) is 5.33. The van der Waals surface area contributed by atoms with E-state index >= 15 is 0 Å². The maximum absolute atomic E-state index is 14.0. The summed E-state index contributed by atoms with van der Waals surface area (Å²) in [5, 5.41) is 11.4. The van der Waals surface area contributed by atoms with Crippen LogP contribution in [0.2, 0.25) is 0 Å². The van der Waals surface area contributed by atoms with Crippen LogP contribution in [-0.2, 0) is 36.2 Å². The lowest BCUT2D eigenvalue weighted by Gasteiger charge is -2.16. The van der Waals surface area contributed by atoms with Gasteiger partial charge in [0.15, 0.2) is 11.4 Å². The number of aromatic nitrogens is 5. The van der Waals surface area contributed by atoms with Gasteiger partial charge in [0.05, 0.1) is 34.1 Å². The van der Waals surface area contributed by atoms with Crippen molar-refractivity contribution in [3.05, 3.63) is 131 Å². The molecule has 1 N–H and O–H groups in total. The van der Waals surface area contributed by atoms with E-state index in [1.165, 1.54) is 0 Å². The second-order valence-corrected chi connectivity index (χ2v) is 12.6. The van der Waals surface area contributed by atoms with E-state index in [1.54, 1.807) is 86.7 Å². The highest BCUT2D eigenvalue weighted by Crippen LogP contribution is 2.30. The van der Waals surface area contributed by atoms with E-state index in [2.05, 4.69) is 25.6 Å². The Bertz CT molecular complexity index is 2140. The molecule has 0 aliphatic heterocycles. The number of carbonyl (C=O) groups is 1. The number of nitrogens with one attached hydrogen (secondary N) is 1. The van der Waals surface area contributed by atoms with E-state index in [0.29, 0.717) is 29.4 Å². The molecule has 2 aromatic heterocycles. The molecule has 0 saturated carbocycles. The lowest BCUT2D eigenvalue weighted by atomic mass is 10.1. The number of benzene rings is 4. The van der Waals surface area contributed by atoms with Crippen LogP contribution in [0.5, 0.6) is 29.0 Å². The molecule has 4 aromatic carbocycles. The zero-order valence-corrected chi connectivity index (χ0v) is 30.0. The highest BCUT2D eigenvalue weighted by atomic mass is 32.2. The molecule has 0 bridgehead atoms. The van der Waals surface area contributed by atoms with Crippen LogP contribution in [0.3, 0.4) is 0 Å². The van der Waals surface area contributed by atoms with Gasteiger partial charge in [0.25, 0.3) is 5.91 Å². The first-order chi connectivity index (χ1) is 25.8. The smallest absolute Gasteiger partial charge is 0.266 e. The molecular formula is C38H36N6O8S. The lowest BCUT2D eigenvalue weighted by Crippen LogP contribution is -2.18. The Morgan fingerprint density at radius 2 is 1.17 bits per heavy atom. The predicted molar refractivity (Wildman–Crippen MR) is 196 cm³/mol. The minimum absolute atomic E-state index is 0.00992. The average Bonchev–Trinajstić information content (AvgIpc) is 3.65. The van der Waals surface area contributed by atoms with Gasteiger partial charge in [-0.1, -0.05) is 53.7 Å². The van der Waals surface area contributed by atoms with Gasteiger partial charge in [-0.25, -0.2) is 13.1 Å². The summed E-state index contributed by atoms with van der Waals surface area (Å²) in [6, 6.07) is 29.1. The molecule has 15 heteroatoms. The number of hydrogen-bond acceptors (Lipinski definition) is 12. The maximum Gasteiger partial charge on any atom is 0.266 e. The van der Waals surface area contributed by atoms with E-state index in [4.69, 9.17) is 23.7 Å². The number of carbonyl (C=O) groups excluding carboxylic acids is 1. The zero-order chi connectivity index (χ0) is 37.2. The summed E-state index contributed by atoms with van der Waals surface area (Å²) in [7, 11) is 1.86. The molecule has 0 fully saturated rings. The molecule has 6 aromatic rings. The topological polar surface area (TPSA) is 166 Å². The van der Waals surface area contributed by atoms with Gasteiger partial charge in [-0.3, -0.25) is 4.79 Å². The molecule has 0 aliphatic rings. The van der Waals surface area contributed by atoms with Crippen molar-refractivity contribution in [2.24, 2.45) is 0 Å². The van der Waals surface area contributed by atoms with E-state index < -0.39 is 22.4 Å². The summed E-state index contributed by atoms with van der Waals surface area (Å²) >= 11 is 0. The molecule has 0 aliphatic carbocycles. The maximum atomic E-state index is 14.0. The SMILES string of the molecule is COc1ccc(COc2nc(C[SH](=O)=O)nc(OCc3ccc(OC)cc3)c2C(=O)Nc2ccc(-c3cn(Cc4ccc(OC)cc4)nn3)cc2)cc1. The quantitative estimate of drug-likeness (QED) is 0.123. The first kappa shape index (κ1) is 36.3. The minimum atomic E-state index is -2.90. The van der Waals surface area contributed by atoms with Crippen LogP contribution in [-0.4, -0.2) is 60.6 Å². The van der Waals surface area contributed by atoms with Crippen LogP contribution in [0.25, 0.3) is 11.3 Å². The van der Waals surface area contributed by atoms with Crippen molar-refractivity contribution in [2.45, 2.75) is 25.5 Å². The summed E-state index contributed by atoms with van der Waals surface area (Å²) in [4.78, 5) is 22.7. The molecule has 0 atom stereocenters. The highest BCUT2D eigenvalue weighted by Gasteiger charge is 2.25. The van der Waals surface area contributed by atoms with Gasteiger partial charge in [0.1, 0.15) is 52.6 Å². The van der Waals surface area contributed by atoms with Crippen LogP contribution < -0.4 is 29.0 Å². The fourth-order valence-electron chi connectivity index (χ4n) is 5.14. The summed E-state index contributed by atoms with van der Waals surface area (Å²) in [5.41, 5.74) is 4.34. The molecule has 14 nitrogen and oxygen atoms in total. The van der Waals surface area contributed by atoms with Gasteiger partial charge in [-0.2, -0.15) is 9.97 Å². The third kappa shape index (κ3) is 9.65. The van der Waals surface area contributed by atoms with Crippen molar-refractivity contribution < 1.29 is 36.9 Å². The first-order valence-electron chi connectivity index (χ1n) is 16.3. The summed E-state index contributed by atoms with van der Waals surface area (Å²) in [6.45, 7) is 0.551. The number of ether oxygens (including phenoxy) is 5. The number of nitrogens with zero attached hydrogens (tertiary/aromatic N) is 5. The third-order valence-electron chi connectivity index (χ3n) is 7.94. The van der Waals surface area contributed by atoms with Gasteiger partial charge >= 0.3 is 0 Å². The van der Waals surface area contributed by atoms with Crippen molar-refractivity contribution in [3.8, 4) is 40.3 Å². The number of rotatable bonds is 16. The van der Waals surface area contributed by atoms with Crippen molar-refractivity contribution in [1.29, 1.82) is 0 Å². The van der Waals surface area contributed by atoms with Gasteiger partial charge in [-0.15, -0.1) is 5.10 Å². The van der Waals surface area contributed by atoms with Crippen molar-refractivity contribution in [3.63, 3.8) is 0 Å². The molecule has 53 heavy (non-hydrogen) atoms. The Morgan fingerprint density at radius 3 is 1.64 bits per heavy atom. The summed E-state index contributed by atoms with van der Waals surface area (Å²) < 4.78 is 53.0. The number of methoxy groups -OCH3 is 3. The normalized spacial score (nSPS) is 10.9. The molecule has 0 unspecified atom stereocenters. The summed E-state index contributed by atoms with van der Waals surface area (Å²) in [6.07, 6.45) is 1.84. The number of amides is 1. The average molecular weight is 737 g/mol. The van der Waals surface area contributed by atoms with Crippen LogP contribution in [0.1, 0.15) is 32.9 Å². The fourth-order valence-corrected chi connectivity index (χ4v) is 5.52. The van der Waals surface area contributed by atoms with Crippen LogP contribution >= 0.6 is 0 Å². The van der Waals surface area contributed by atoms with Gasteiger partial charge < -0.3 is 29.0 Å². The van der Waals surface area contributed by atoms with Crippen molar-refractivity contribution >= 4 is 22.3 Å². The largest absolute Gasteiger partial charge is 0.497 e. The molecule has 6 rings (SSSR count). The van der Waals surface area contributed by atoms with Crippen molar-refractivity contribution in [1.82, 2.24) is 25.0 Å².